The first-order valence-corrected chi connectivity index (χ1v) is 12.6. The van der Waals surface area contributed by atoms with Crippen LogP contribution in [-0.4, -0.2) is 65.1 Å². The second-order valence-electron chi connectivity index (χ2n) is 10.8. The lowest BCUT2D eigenvalue weighted by atomic mass is 9.83. The van der Waals surface area contributed by atoms with E-state index in [0.717, 1.165) is 31.2 Å². The van der Waals surface area contributed by atoms with Gasteiger partial charge in [-0.15, -0.1) is 5.06 Å². The highest BCUT2D eigenvalue weighted by Gasteiger charge is 2.61. The zero-order chi connectivity index (χ0) is 23.9. The summed E-state index contributed by atoms with van der Waals surface area (Å²) in [5, 5.41) is 12.9. The summed E-state index contributed by atoms with van der Waals surface area (Å²) in [6, 6.07) is 9.53. The number of rotatable bonds is 4. The van der Waals surface area contributed by atoms with Crippen LogP contribution < -0.4 is 0 Å². The Balaban J connectivity index is 1.41. The zero-order valence-corrected chi connectivity index (χ0v) is 20.6. The topological polar surface area (TPSA) is 69.6 Å². The van der Waals surface area contributed by atoms with Crippen molar-refractivity contribution in [2.24, 2.45) is 5.92 Å². The van der Waals surface area contributed by atoms with Gasteiger partial charge in [0.05, 0.1) is 6.61 Å². The largest absolute Gasteiger partial charge is 0.349 e. The molecule has 1 saturated carbocycles. The highest BCUT2D eigenvalue weighted by molar-refractivity contribution is 5.35. The molecule has 1 N–H and O–H groups in total. The summed E-state index contributed by atoms with van der Waals surface area (Å²) in [7, 11) is 0. The number of hydroxylamine groups is 2. The van der Waals surface area contributed by atoms with Gasteiger partial charge in [-0.25, -0.2) is 0 Å². The van der Waals surface area contributed by atoms with Gasteiger partial charge >= 0.3 is 0 Å². The predicted octanol–water partition coefficient (Wildman–Crippen LogP) is 4.07. The number of benzene rings is 1. The van der Waals surface area contributed by atoms with Crippen molar-refractivity contribution in [2.45, 2.75) is 108 Å². The van der Waals surface area contributed by atoms with Crippen LogP contribution >= 0.6 is 0 Å². The van der Waals surface area contributed by atoms with Gasteiger partial charge in [0.2, 0.25) is 0 Å². The lowest BCUT2D eigenvalue weighted by molar-refractivity contribution is -0.282. The van der Waals surface area contributed by atoms with E-state index in [2.05, 4.69) is 11.8 Å². The molecular weight excluding hydrogens is 434 g/mol. The third kappa shape index (κ3) is 5.05. The summed E-state index contributed by atoms with van der Waals surface area (Å²) in [6.45, 7) is 7.98. The van der Waals surface area contributed by atoms with Crippen molar-refractivity contribution < 1.29 is 28.9 Å². The molecule has 1 aromatic carbocycles. The minimum Gasteiger partial charge on any atom is -0.349 e. The molecule has 186 valence electrons. The van der Waals surface area contributed by atoms with Crippen LogP contribution in [0.5, 0.6) is 0 Å². The van der Waals surface area contributed by atoms with Crippen LogP contribution in [0.1, 0.15) is 65.4 Å². The summed E-state index contributed by atoms with van der Waals surface area (Å²) in [5.74, 6) is 5.45. The number of ether oxygens (including phenoxy) is 5. The van der Waals surface area contributed by atoms with Gasteiger partial charge in [0.15, 0.2) is 17.8 Å². The first-order valence-electron chi connectivity index (χ1n) is 12.6. The molecule has 0 unspecified atom stereocenters. The Hall–Kier alpha value is -1.50. The second-order valence-corrected chi connectivity index (χ2v) is 10.8. The molecule has 7 heteroatoms. The van der Waals surface area contributed by atoms with Gasteiger partial charge in [0.25, 0.3) is 0 Å². The minimum atomic E-state index is -0.776. The molecule has 3 saturated heterocycles. The third-order valence-corrected chi connectivity index (χ3v) is 7.24. The van der Waals surface area contributed by atoms with Gasteiger partial charge in [-0.2, -0.15) is 0 Å². The fourth-order valence-electron chi connectivity index (χ4n) is 5.68. The molecule has 7 nitrogen and oxygen atoms in total. The molecule has 4 aliphatic rings. The van der Waals surface area contributed by atoms with Gasteiger partial charge in [-0.05, 0) is 58.6 Å². The monoisotopic (exact) mass is 471 g/mol. The quantitative estimate of drug-likeness (QED) is 0.524. The van der Waals surface area contributed by atoms with Gasteiger partial charge in [-0.3, -0.25) is 0 Å². The van der Waals surface area contributed by atoms with Gasteiger partial charge in [0.1, 0.15) is 30.5 Å². The van der Waals surface area contributed by atoms with Crippen LogP contribution in [0.25, 0.3) is 0 Å². The Morgan fingerprint density at radius 1 is 0.912 bits per heavy atom. The maximum Gasteiger partial charge on any atom is 0.164 e. The van der Waals surface area contributed by atoms with E-state index in [1.54, 1.807) is 0 Å². The second kappa shape index (κ2) is 9.51. The first kappa shape index (κ1) is 24.2. The Labute approximate surface area is 202 Å². The standard InChI is InChI=1S/C27H37NO6/c1-26(2)30-17-21(32-26)22-23-24(34-27(3,4)33-23)25(31-22)28(29)20(19-13-9-6-10-14-19)16-15-18-11-7-5-8-12-18/h5,7-8,11-12,19-25,29H,6,9-10,13-14,17H2,1-4H3/t20-,21+,22+,23-,24-,25-/m0/s1. The Morgan fingerprint density at radius 2 is 1.62 bits per heavy atom. The van der Waals surface area contributed by atoms with E-state index in [-0.39, 0.29) is 24.2 Å². The summed E-state index contributed by atoms with van der Waals surface area (Å²) in [4.78, 5) is 0. The van der Waals surface area contributed by atoms with Crippen LogP contribution in [0.4, 0.5) is 0 Å². The Bertz CT molecular complexity index is 903. The third-order valence-electron chi connectivity index (χ3n) is 7.24. The van der Waals surface area contributed by atoms with E-state index >= 15 is 0 Å². The number of hydrogen-bond acceptors (Lipinski definition) is 7. The van der Waals surface area contributed by atoms with E-state index in [1.165, 1.54) is 11.5 Å². The smallest absolute Gasteiger partial charge is 0.164 e. The maximum atomic E-state index is 11.6. The molecule has 34 heavy (non-hydrogen) atoms. The average Bonchev–Trinajstić information content (AvgIpc) is 3.44. The van der Waals surface area contributed by atoms with Gasteiger partial charge < -0.3 is 28.9 Å². The van der Waals surface area contributed by atoms with Crippen molar-refractivity contribution in [2.75, 3.05) is 6.61 Å². The van der Waals surface area contributed by atoms with Gasteiger partial charge in [0, 0.05) is 5.56 Å². The number of fused-ring (bicyclic) bond motifs is 1. The van der Waals surface area contributed by atoms with Gasteiger partial charge in [-0.1, -0.05) is 49.3 Å². The van der Waals surface area contributed by atoms with E-state index in [9.17, 15) is 5.21 Å². The molecule has 1 aromatic rings. The molecule has 0 aromatic heterocycles. The molecule has 0 radical (unpaired) electrons. The molecular formula is C27H37NO6. The highest BCUT2D eigenvalue weighted by Crippen LogP contribution is 2.44. The normalized spacial score (nSPS) is 35.6. The molecule has 0 bridgehead atoms. The predicted molar refractivity (Wildman–Crippen MR) is 125 cm³/mol. The maximum absolute atomic E-state index is 11.6. The average molecular weight is 472 g/mol. The SMILES string of the molecule is CC1(C)O[C@H]2[C@@H]([C@H]3COC(C)(C)O3)O[C@H](N(O)[C@@H](C#Cc3ccccc3)C3CCCCC3)[C@H]2O1. The summed E-state index contributed by atoms with van der Waals surface area (Å²) in [6.07, 6.45) is 3.35. The van der Waals surface area contributed by atoms with Crippen LogP contribution in [0.2, 0.25) is 0 Å². The van der Waals surface area contributed by atoms with Crippen LogP contribution in [0, 0.1) is 17.8 Å². The molecule has 1 aliphatic carbocycles. The molecule has 0 spiro atoms. The number of nitrogens with zero attached hydrogens (tertiary/aromatic N) is 1. The lowest BCUT2D eigenvalue weighted by Crippen LogP contribution is -2.50. The molecule has 6 atom stereocenters. The molecule has 4 fully saturated rings. The highest BCUT2D eigenvalue weighted by atomic mass is 16.8. The van der Waals surface area contributed by atoms with Crippen molar-refractivity contribution in [3.05, 3.63) is 35.9 Å². The van der Waals surface area contributed by atoms with E-state index in [0.29, 0.717) is 6.61 Å². The summed E-state index contributed by atoms with van der Waals surface area (Å²) in [5.41, 5.74) is 0.931. The summed E-state index contributed by atoms with van der Waals surface area (Å²) >= 11 is 0. The Morgan fingerprint density at radius 3 is 2.29 bits per heavy atom. The van der Waals surface area contributed by atoms with Crippen LogP contribution in [0.15, 0.2) is 30.3 Å². The molecule has 3 aliphatic heterocycles. The summed E-state index contributed by atoms with van der Waals surface area (Å²) < 4.78 is 30.8. The molecule has 0 amide bonds. The minimum absolute atomic E-state index is 0.261. The molecule has 5 rings (SSSR count). The zero-order valence-electron chi connectivity index (χ0n) is 20.6. The van der Waals surface area contributed by atoms with Crippen molar-refractivity contribution in [3.8, 4) is 11.8 Å². The van der Waals surface area contributed by atoms with Crippen molar-refractivity contribution in [3.63, 3.8) is 0 Å². The van der Waals surface area contributed by atoms with Crippen molar-refractivity contribution >= 4 is 0 Å². The van der Waals surface area contributed by atoms with Crippen LogP contribution in [-0.2, 0) is 23.7 Å². The first-order chi connectivity index (χ1) is 16.2. The number of hydrogen-bond donors (Lipinski definition) is 1. The fraction of sp³-hybridized carbons (Fsp3) is 0.704. The van der Waals surface area contributed by atoms with Crippen LogP contribution in [0.3, 0.4) is 0 Å². The fourth-order valence-corrected chi connectivity index (χ4v) is 5.68. The Kier molecular flexibility index (Phi) is 6.77. The lowest BCUT2D eigenvalue weighted by Gasteiger charge is -2.36. The van der Waals surface area contributed by atoms with E-state index < -0.39 is 30.0 Å². The van der Waals surface area contributed by atoms with E-state index in [1.807, 2.05) is 58.0 Å². The van der Waals surface area contributed by atoms with Crippen molar-refractivity contribution in [1.82, 2.24) is 5.06 Å². The molecule has 3 heterocycles. The van der Waals surface area contributed by atoms with Crippen molar-refractivity contribution in [1.29, 1.82) is 0 Å². The van der Waals surface area contributed by atoms with E-state index in [4.69, 9.17) is 23.7 Å².